The minimum Gasteiger partial charge on any atom is -0.326 e. The number of nitrogens with zero attached hydrogens (tertiary/aromatic N) is 2. The zero-order valence-corrected chi connectivity index (χ0v) is 18.1. The van der Waals surface area contributed by atoms with E-state index in [1.54, 1.807) is 36.0 Å². The van der Waals surface area contributed by atoms with Crippen LogP contribution in [0.1, 0.15) is 37.6 Å². The van der Waals surface area contributed by atoms with Crippen LogP contribution in [-0.4, -0.2) is 33.4 Å². The molecule has 1 heterocycles. The van der Waals surface area contributed by atoms with Gasteiger partial charge in [-0.05, 0) is 37.1 Å². The summed E-state index contributed by atoms with van der Waals surface area (Å²) in [5.74, 6) is 1.43. The summed E-state index contributed by atoms with van der Waals surface area (Å²) in [5, 5.41) is 11.1. The molecule has 0 saturated heterocycles. The molecule has 0 saturated carbocycles. The van der Waals surface area contributed by atoms with E-state index in [1.807, 2.05) is 20.8 Å². The number of thioether (sulfide) groups is 2. The molecule has 5 nitrogen and oxygen atoms in total. The van der Waals surface area contributed by atoms with E-state index >= 15 is 0 Å². The molecule has 8 heteroatoms. The quantitative estimate of drug-likeness (QED) is 0.324. The second-order valence-electron chi connectivity index (χ2n) is 6.52. The Morgan fingerprint density at radius 3 is 2.26 bits per heavy atom. The van der Waals surface area contributed by atoms with E-state index in [9.17, 15) is 9.59 Å². The van der Waals surface area contributed by atoms with Crippen molar-refractivity contribution in [3.8, 4) is 0 Å². The highest BCUT2D eigenvalue weighted by atomic mass is 32.2. The van der Waals surface area contributed by atoms with E-state index in [4.69, 9.17) is 0 Å². The van der Waals surface area contributed by atoms with Gasteiger partial charge in [0.05, 0.1) is 5.75 Å². The van der Waals surface area contributed by atoms with Crippen molar-refractivity contribution in [2.45, 2.75) is 35.9 Å². The van der Waals surface area contributed by atoms with Crippen LogP contribution in [0.5, 0.6) is 0 Å². The number of carbonyl (C=O) groups is 2. The molecule has 0 bridgehead atoms. The van der Waals surface area contributed by atoms with E-state index in [2.05, 4.69) is 22.1 Å². The van der Waals surface area contributed by atoms with Gasteiger partial charge in [0.25, 0.3) is 0 Å². The number of Topliss-reactive ketones (excluding diaryl/α,β-unsaturated/α-hetero) is 1. The molecule has 0 radical (unpaired) electrons. The lowest BCUT2D eigenvalue weighted by atomic mass is 10.1. The standard InChI is InChI=1S/C19H23N3O2S3/c1-12(2)9-17(24)20-15-7-5-14(6-8-15)16(23)11-26-19-22-21-18(27-19)25-10-13(3)4/h5-8,12H,3,9-11H2,1-2,4H3,(H,20,24). The summed E-state index contributed by atoms with van der Waals surface area (Å²) in [5.41, 5.74) is 2.40. The topological polar surface area (TPSA) is 72.0 Å². The molecule has 2 aromatic rings. The number of hydrogen-bond donors (Lipinski definition) is 1. The average molecular weight is 422 g/mol. The largest absolute Gasteiger partial charge is 0.326 e. The normalized spacial score (nSPS) is 10.8. The van der Waals surface area contributed by atoms with Crippen LogP contribution >= 0.6 is 34.9 Å². The van der Waals surface area contributed by atoms with Crippen LogP contribution in [0.25, 0.3) is 0 Å². The summed E-state index contributed by atoms with van der Waals surface area (Å²) >= 11 is 4.48. The number of carbonyl (C=O) groups excluding carboxylic acids is 2. The fourth-order valence-electron chi connectivity index (χ4n) is 2.03. The molecule has 1 aromatic carbocycles. The summed E-state index contributed by atoms with van der Waals surface area (Å²) in [4.78, 5) is 24.1. The summed E-state index contributed by atoms with van der Waals surface area (Å²) in [6, 6.07) is 6.99. The summed E-state index contributed by atoms with van der Waals surface area (Å²) in [6.07, 6.45) is 0.478. The molecule has 1 N–H and O–H groups in total. The molecule has 144 valence electrons. The van der Waals surface area contributed by atoms with Gasteiger partial charge in [-0.1, -0.05) is 60.9 Å². The first-order valence-corrected chi connectivity index (χ1v) is 11.3. The molecule has 1 amide bonds. The first-order valence-electron chi connectivity index (χ1n) is 8.50. The number of benzene rings is 1. The summed E-state index contributed by atoms with van der Waals surface area (Å²) < 4.78 is 1.67. The van der Waals surface area contributed by atoms with E-state index < -0.39 is 0 Å². The number of aromatic nitrogens is 2. The SMILES string of the molecule is C=C(C)CSc1nnc(SCC(=O)c2ccc(NC(=O)CC(C)C)cc2)s1. The Hall–Kier alpha value is -1.64. The monoisotopic (exact) mass is 421 g/mol. The Balaban J connectivity index is 1.83. The molecule has 0 unspecified atom stereocenters. The third-order valence-electron chi connectivity index (χ3n) is 3.24. The van der Waals surface area contributed by atoms with E-state index in [0.29, 0.717) is 29.3 Å². The molecule has 2 rings (SSSR count). The molecule has 0 aliphatic heterocycles. The Morgan fingerprint density at radius 1 is 1.11 bits per heavy atom. The first-order chi connectivity index (χ1) is 12.8. The van der Waals surface area contributed by atoms with Crippen molar-refractivity contribution in [3.05, 3.63) is 42.0 Å². The van der Waals surface area contributed by atoms with Gasteiger partial charge in [-0.2, -0.15) is 0 Å². The molecule has 0 fully saturated rings. The zero-order valence-electron chi connectivity index (χ0n) is 15.7. The Morgan fingerprint density at radius 2 is 1.70 bits per heavy atom. The third-order valence-corrected chi connectivity index (χ3v) is 6.66. The van der Waals surface area contributed by atoms with Gasteiger partial charge in [0.1, 0.15) is 0 Å². The first kappa shape index (κ1) is 21.7. The lowest BCUT2D eigenvalue weighted by Crippen LogP contribution is -2.14. The van der Waals surface area contributed by atoms with Crippen LogP contribution < -0.4 is 5.32 Å². The summed E-state index contributed by atoms with van der Waals surface area (Å²) in [7, 11) is 0. The van der Waals surface area contributed by atoms with Gasteiger partial charge >= 0.3 is 0 Å². The Bertz CT molecular complexity index is 801. The number of anilines is 1. The molecular weight excluding hydrogens is 398 g/mol. The predicted octanol–water partition coefficient (Wildman–Crippen LogP) is 5.17. The van der Waals surface area contributed by atoms with Gasteiger partial charge in [0.15, 0.2) is 14.5 Å². The van der Waals surface area contributed by atoms with E-state index in [1.165, 1.54) is 23.1 Å². The van der Waals surface area contributed by atoms with Crippen LogP contribution in [0, 0.1) is 5.92 Å². The maximum atomic E-state index is 12.4. The second-order valence-corrected chi connectivity index (χ2v) is 9.94. The minimum atomic E-state index is -0.0174. The highest BCUT2D eigenvalue weighted by Gasteiger charge is 2.11. The average Bonchev–Trinajstić information content (AvgIpc) is 3.05. The third kappa shape index (κ3) is 7.86. The zero-order chi connectivity index (χ0) is 19.8. The lowest BCUT2D eigenvalue weighted by molar-refractivity contribution is -0.116. The number of ketones is 1. The molecule has 0 aliphatic rings. The molecule has 1 aromatic heterocycles. The van der Waals surface area contributed by atoms with Crippen LogP contribution in [0.2, 0.25) is 0 Å². The van der Waals surface area contributed by atoms with E-state index in [-0.39, 0.29) is 11.7 Å². The van der Waals surface area contributed by atoms with Crippen LogP contribution in [-0.2, 0) is 4.79 Å². The van der Waals surface area contributed by atoms with Crippen LogP contribution in [0.4, 0.5) is 5.69 Å². The van der Waals surface area contributed by atoms with Crippen LogP contribution in [0.3, 0.4) is 0 Å². The lowest BCUT2D eigenvalue weighted by Gasteiger charge is -2.07. The van der Waals surface area contributed by atoms with Crippen molar-refractivity contribution in [2.75, 3.05) is 16.8 Å². The van der Waals surface area contributed by atoms with Gasteiger partial charge in [-0.3, -0.25) is 9.59 Å². The van der Waals surface area contributed by atoms with Crippen molar-refractivity contribution >= 4 is 52.2 Å². The Kier molecular flexibility index (Phi) is 8.53. The number of nitrogens with one attached hydrogen (secondary N) is 1. The second kappa shape index (κ2) is 10.6. The molecule has 0 atom stereocenters. The van der Waals surface area contributed by atoms with Gasteiger partial charge in [0.2, 0.25) is 5.91 Å². The summed E-state index contributed by atoms with van der Waals surface area (Å²) in [6.45, 7) is 9.84. The van der Waals surface area contributed by atoms with Crippen LogP contribution in [0.15, 0.2) is 45.1 Å². The fourth-order valence-corrected chi connectivity index (χ4v) is 4.79. The van der Waals surface area contributed by atoms with Crippen molar-refractivity contribution in [3.63, 3.8) is 0 Å². The van der Waals surface area contributed by atoms with Crippen molar-refractivity contribution in [1.82, 2.24) is 10.2 Å². The fraction of sp³-hybridized carbons (Fsp3) is 0.368. The van der Waals surface area contributed by atoms with Crippen molar-refractivity contribution in [1.29, 1.82) is 0 Å². The molecule has 0 spiro atoms. The van der Waals surface area contributed by atoms with Gasteiger partial charge < -0.3 is 5.32 Å². The Labute approximate surface area is 172 Å². The molecular formula is C19H23N3O2S3. The minimum absolute atomic E-state index is 0.0174. The van der Waals surface area contributed by atoms with Gasteiger partial charge in [-0.15, -0.1) is 10.2 Å². The van der Waals surface area contributed by atoms with Crippen molar-refractivity contribution in [2.24, 2.45) is 5.92 Å². The van der Waals surface area contributed by atoms with Gasteiger partial charge in [0, 0.05) is 23.4 Å². The number of amides is 1. The number of hydrogen-bond acceptors (Lipinski definition) is 7. The highest BCUT2D eigenvalue weighted by Crippen LogP contribution is 2.30. The number of rotatable bonds is 10. The van der Waals surface area contributed by atoms with Gasteiger partial charge in [-0.25, -0.2) is 0 Å². The van der Waals surface area contributed by atoms with E-state index in [0.717, 1.165) is 20.0 Å². The molecule has 27 heavy (non-hydrogen) atoms. The maximum Gasteiger partial charge on any atom is 0.224 e. The maximum absolute atomic E-state index is 12.4. The highest BCUT2D eigenvalue weighted by molar-refractivity contribution is 8.03. The molecule has 0 aliphatic carbocycles. The smallest absolute Gasteiger partial charge is 0.224 e. The van der Waals surface area contributed by atoms with Crippen molar-refractivity contribution < 1.29 is 9.59 Å². The predicted molar refractivity (Wildman–Crippen MR) is 115 cm³/mol.